The Morgan fingerprint density at radius 1 is 0.667 bits per heavy atom. The molecule has 0 atom stereocenters. The van der Waals surface area contributed by atoms with Crippen molar-refractivity contribution in [3.63, 3.8) is 0 Å². The molecule has 0 saturated heterocycles. The van der Waals surface area contributed by atoms with Gasteiger partial charge in [0.2, 0.25) is 23.8 Å². The molecule has 4 nitrogen and oxygen atoms in total. The molecule has 2 aromatic rings. The van der Waals surface area contributed by atoms with Crippen LogP contribution < -0.4 is 0 Å². The number of hydrogen-bond acceptors (Lipinski definition) is 4. The van der Waals surface area contributed by atoms with E-state index < -0.39 is 23.8 Å². The molecule has 0 unspecified atom stereocenters. The summed E-state index contributed by atoms with van der Waals surface area (Å²) in [4.78, 5) is -0.138. The first-order valence-corrected chi connectivity index (χ1v) is 11.2. The van der Waals surface area contributed by atoms with Crippen molar-refractivity contribution in [3.8, 4) is 23.7 Å². The number of sulfone groups is 2. The lowest BCUT2D eigenvalue weighted by atomic mass is 10.2. The normalized spacial score (nSPS) is 11.6. The second kappa shape index (κ2) is 8.43. The Balaban J connectivity index is 2.89. The quantitative estimate of drug-likeness (QED) is 0.697. The van der Waals surface area contributed by atoms with Gasteiger partial charge >= 0.3 is 0 Å². The molecule has 0 amide bonds. The second-order valence-electron chi connectivity index (χ2n) is 5.75. The predicted octanol–water partition coefficient (Wildman–Crippen LogP) is 3.46. The molecule has 0 aliphatic carbocycles. The van der Waals surface area contributed by atoms with Crippen LogP contribution in [0.25, 0.3) is 0 Å². The summed E-state index contributed by atoms with van der Waals surface area (Å²) in [6.45, 7) is 3.08. The number of hydrogen-bond donors (Lipinski definition) is 0. The highest BCUT2D eigenvalue weighted by atomic mass is 32.3. The maximum Gasteiger partial charge on any atom is 0.203 e. The maximum atomic E-state index is 13.6. The van der Waals surface area contributed by atoms with Crippen molar-refractivity contribution in [2.75, 3.05) is 0 Å². The van der Waals surface area contributed by atoms with Gasteiger partial charge in [-0.1, -0.05) is 36.4 Å². The highest BCUT2D eigenvalue weighted by Crippen LogP contribution is 2.40. The molecular weight excluding hydrogens is 380 g/mol. The van der Waals surface area contributed by atoms with Gasteiger partial charge in [0.15, 0.2) is 0 Å². The maximum absolute atomic E-state index is 13.6. The van der Waals surface area contributed by atoms with Crippen LogP contribution in [0.4, 0.5) is 0 Å². The molecule has 6 heteroatoms. The second-order valence-corrected chi connectivity index (χ2v) is 10.5. The summed E-state index contributed by atoms with van der Waals surface area (Å²) in [7, 11) is -8.61. The third-order valence-electron chi connectivity index (χ3n) is 4.16. The molecule has 0 aliphatic rings. The Morgan fingerprint density at radius 2 is 1.00 bits per heavy atom. The first kappa shape index (κ1) is 20.8. The average Bonchev–Trinajstić information content (AvgIpc) is 2.69. The minimum absolute atomic E-state index is 0.0692. The Morgan fingerprint density at radius 3 is 1.30 bits per heavy atom. The van der Waals surface area contributed by atoms with E-state index in [0.717, 1.165) is 0 Å². The molecule has 0 fully saturated rings. The summed E-state index contributed by atoms with van der Waals surface area (Å²) in [6.07, 6.45) is -0.737. The molecule has 0 aromatic heterocycles. The first-order chi connectivity index (χ1) is 12.8. The topological polar surface area (TPSA) is 68.3 Å². The summed E-state index contributed by atoms with van der Waals surface area (Å²) >= 11 is 0. The molecule has 140 valence electrons. The molecule has 2 aromatic carbocycles. The fraction of sp³-hybridized carbons (Fsp3) is 0.238. The van der Waals surface area contributed by atoms with E-state index in [-0.39, 0.29) is 22.6 Å². The fourth-order valence-corrected chi connectivity index (χ4v) is 7.33. The summed E-state index contributed by atoms with van der Waals surface area (Å²) in [5.41, 5.74) is 0. The molecule has 0 bridgehead atoms. The molecular formula is C21H20O4S2. The number of rotatable bonds is 6. The van der Waals surface area contributed by atoms with Crippen molar-refractivity contribution in [2.24, 2.45) is 0 Å². The van der Waals surface area contributed by atoms with Crippen LogP contribution in [0.2, 0.25) is 0 Å². The minimum Gasteiger partial charge on any atom is -0.222 e. The third-order valence-corrected chi connectivity index (χ3v) is 9.79. The van der Waals surface area contributed by atoms with E-state index in [1.165, 1.54) is 24.3 Å². The van der Waals surface area contributed by atoms with E-state index in [1.807, 2.05) is 0 Å². The van der Waals surface area contributed by atoms with E-state index in [9.17, 15) is 16.8 Å². The van der Waals surface area contributed by atoms with E-state index in [2.05, 4.69) is 23.7 Å². The first-order valence-electron chi connectivity index (χ1n) is 8.22. The lowest BCUT2D eigenvalue weighted by Crippen LogP contribution is -2.46. The van der Waals surface area contributed by atoms with Gasteiger partial charge in [-0.3, -0.25) is 0 Å². The molecule has 0 heterocycles. The molecule has 2 rings (SSSR count). The molecule has 0 N–H and O–H groups in total. The van der Waals surface area contributed by atoms with Crippen molar-refractivity contribution in [1.82, 2.24) is 0 Å². The van der Waals surface area contributed by atoms with E-state index >= 15 is 0 Å². The van der Waals surface area contributed by atoms with Crippen LogP contribution in [-0.2, 0) is 19.7 Å². The summed E-state index contributed by atoms with van der Waals surface area (Å²) < 4.78 is 52.1. The summed E-state index contributed by atoms with van der Waals surface area (Å²) in [5, 5.41) is 0. The van der Waals surface area contributed by atoms with Gasteiger partial charge in [-0.25, -0.2) is 16.8 Å². The van der Waals surface area contributed by atoms with Gasteiger partial charge in [0.25, 0.3) is 0 Å². The lowest BCUT2D eigenvalue weighted by molar-refractivity contribution is 0.540. The molecule has 0 spiro atoms. The van der Waals surface area contributed by atoms with Gasteiger partial charge in [-0.2, -0.15) is 0 Å². The van der Waals surface area contributed by atoms with E-state index in [0.29, 0.717) is 0 Å². The highest BCUT2D eigenvalue weighted by Gasteiger charge is 2.55. The Bertz CT molecular complexity index is 1020. The zero-order valence-corrected chi connectivity index (χ0v) is 16.8. The Hall–Kier alpha value is -2.54. The zero-order chi connectivity index (χ0) is 20.0. The van der Waals surface area contributed by atoms with Crippen LogP contribution in [0.15, 0.2) is 70.5 Å². The minimum atomic E-state index is -4.31. The van der Waals surface area contributed by atoms with Crippen molar-refractivity contribution in [1.29, 1.82) is 0 Å². The summed E-state index contributed by atoms with van der Waals surface area (Å²) in [6, 6.07) is 15.1. The van der Waals surface area contributed by atoms with Gasteiger partial charge in [-0.05, 0) is 38.1 Å². The van der Waals surface area contributed by atoms with Gasteiger partial charge in [0.05, 0.1) is 9.79 Å². The van der Waals surface area contributed by atoms with Crippen LogP contribution in [-0.4, -0.2) is 20.9 Å². The molecule has 27 heavy (non-hydrogen) atoms. The van der Waals surface area contributed by atoms with Crippen molar-refractivity contribution in [2.45, 2.75) is 40.6 Å². The monoisotopic (exact) mass is 400 g/mol. The molecule has 0 aliphatic heterocycles. The SMILES string of the molecule is CC#CCC(CC#CC)(S(=O)(=O)c1ccccc1)S(=O)(=O)c1ccccc1. The van der Waals surface area contributed by atoms with E-state index in [4.69, 9.17) is 0 Å². The van der Waals surface area contributed by atoms with E-state index in [1.54, 1.807) is 50.2 Å². The zero-order valence-electron chi connectivity index (χ0n) is 15.1. The van der Waals surface area contributed by atoms with Crippen LogP contribution in [0.5, 0.6) is 0 Å². The summed E-state index contributed by atoms with van der Waals surface area (Å²) in [5.74, 6) is 10.6. The number of benzene rings is 2. The van der Waals surface area contributed by atoms with Crippen LogP contribution in [0.3, 0.4) is 0 Å². The van der Waals surface area contributed by atoms with Gasteiger partial charge < -0.3 is 0 Å². The highest BCUT2D eigenvalue weighted by molar-refractivity contribution is 8.10. The van der Waals surface area contributed by atoms with Crippen molar-refractivity contribution >= 4 is 19.7 Å². The molecule has 0 saturated carbocycles. The lowest BCUT2D eigenvalue weighted by Gasteiger charge is -2.30. The largest absolute Gasteiger partial charge is 0.222 e. The van der Waals surface area contributed by atoms with Crippen LogP contribution in [0.1, 0.15) is 26.7 Å². The third kappa shape index (κ3) is 3.78. The van der Waals surface area contributed by atoms with Crippen LogP contribution >= 0.6 is 0 Å². The predicted molar refractivity (Wildman–Crippen MR) is 106 cm³/mol. The Kier molecular flexibility index (Phi) is 6.49. The Labute approximate surface area is 161 Å². The van der Waals surface area contributed by atoms with Gasteiger partial charge in [-0.15, -0.1) is 23.7 Å². The van der Waals surface area contributed by atoms with Crippen molar-refractivity contribution in [3.05, 3.63) is 60.7 Å². The van der Waals surface area contributed by atoms with Gasteiger partial charge in [0.1, 0.15) is 0 Å². The fourth-order valence-electron chi connectivity index (χ4n) is 2.66. The van der Waals surface area contributed by atoms with Crippen molar-refractivity contribution < 1.29 is 16.8 Å². The standard InChI is InChI=1S/C21H20O4S2/c1-3-5-17-21(18-6-4-2,26(22,23)19-13-9-7-10-14-19)27(24,25)20-15-11-8-12-16-20/h7-16H,17-18H2,1-2H3. The average molecular weight is 401 g/mol. The van der Waals surface area contributed by atoms with Gasteiger partial charge in [0, 0.05) is 12.8 Å². The molecule has 0 radical (unpaired) electrons. The van der Waals surface area contributed by atoms with Crippen LogP contribution in [0, 0.1) is 23.7 Å². The smallest absolute Gasteiger partial charge is 0.203 e.